The highest BCUT2D eigenvalue weighted by atomic mass is 19.4. The molecule has 2 amide bonds. The number of nitrogens with one attached hydrogen (secondary N) is 1. The number of hydrogen-bond acceptors (Lipinski definition) is 6. The minimum absolute atomic E-state index is 0.0404. The van der Waals surface area contributed by atoms with Crippen LogP contribution in [-0.4, -0.2) is 74.9 Å². The summed E-state index contributed by atoms with van der Waals surface area (Å²) in [5.74, 6) is -2.67. The zero-order valence-electron chi connectivity index (χ0n) is 23.6. The Hall–Kier alpha value is -5.72. The van der Waals surface area contributed by atoms with Crippen LogP contribution in [-0.2, 0) is 15.8 Å². The van der Waals surface area contributed by atoms with Gasteiger partial charge in [-0.15, -0.1) is 0 Å². The number of anilines is 2. The fraction of sp³-hybridized carbons (Fsp3) is 0.156. The number of carboxylic acid groups (broad SMARTS) is 2. The normalized spacial score (nSPS) is 13.2. The zero-order chi connectivity index (χ0) is 32.6. The maximum atomic E-state index is 13.0. The Morgan fingerprint density at radius 2 is 1.27 bits per heavy atom. The largest absolute Gasteiger partial charge is 0.478 e. The van der Waals surface area contributed by atoms with Crippen LogP contribution in [0.2, 0.25) is 0 Å². The van der Waals surface area contributed by atoms with Crippen LogP contribution < -0.4 is 5.32 Å². The molecule has 4 aromatic rings. The van der Waals surface area contributed by atoms with Gasteiger partial charge in [0, 0.05) is 72.4 Å². The van der Waals surface area contributed by atoms with E-state index in [2.05, 4.69) is 10.3 Å². The molecule has 5 rings (SSSR count). The Balaban J connectivity index is 0.000000510. The maximum Gasteiger partial charge on any atom is 0.416 e. The predicted molar refractivity (Wildman–Crippen MR) is 159 cm³/mol. The molecule has 2 heterocycles. The molecule has 45 heavy (non-hydrogen) atoms. The molecule has 0 radical (unpaired) electrons. The molecule has 3 N–H and O–H groups in total. The molecule has 1 aliphatic rings. The Morgan fingerprint density at radius 1 is 0.733 bits per heavy atom. The summed E-state index contributed by atoms with van der Waals surface area (Å²) in [6, 6.07) is 21.1. The van der Waals surface area contributed by atoms with Crippen LogP contribution in [0.3, 0.4) is 0 Å². The summed E-state index contributed by atoms with van der Waals surface area (Å²) in [4.78, 5) is 52.3. The third-order valence-corrected chi connectivity index (χ3v) is 6.72. The number of nitrogens with zero attached hydrogens (tertiary/aromatic N) is 3. The number of aliphatic carboxylic acids is 2. The topological polar surface area (TPSA) is 140 Å². The number of piperazine rings is 1. The average molecular weight is 621 g/mol. The van der Waals surface area contributed by atoms with Crippen molar-refractivity contribution in [1.29, 1.82) is 0 Å². The Labute approximate surface area is 255 Å². The van der Waals surface area contributed by atoms with Gasteiger partial charge in [-0.3, -0.25) is 14.6 Å². The smallest absolute Gasteiger partial charge is 0.416 e. The number of halogens is 3. The second kappa shape index (κ2) is 14.2. The summed E-state index contributed by atoms with van der Waals surface area (Å²) in [6.07, 6.45) is -1.87. The minimum atomic E-state index is -4.44. The van der Waals surface area contributed by atoms with E-state index in [0.717, 1.165) is 12.1 Å². The number of carbonyl (C=O) groups excluding carboxylic acids is 2. The van der Waals surface area contributed by atoms with Gasteiger partial charge in [0.1, 0.15) is 0 Å². The lowest BCUT2D eigenvalue weighted by atomic mass is 10.1. The maximum absolute atomic E-state index is 13.0. The van der Waals surface area contributed by atoms with Crippen LogP contribution in [0.1, 0.15) is 26.3 Å². The fourth-order valence-electron chi connectivity index (χ4n) is 4.49. The number of fused-ring (bicyclic) bond motifs is 1. The lowest BCUT2D eigenvalue weighted by molar-refractivity contribution is -0.137. The van der Waals surface area contributed by atoms with Crippen LogP contribution >= 0.6 is 0 Å². The third-order valence-electron chi connectivity index (χ3n) is 6.72. The number of amides is 2. The molecule has 0 spiro atoms. The number of rotatable bonds is 6. The Kier molecular flexibility index (Phi) is 10.1. The van der Waals surface area contributed by atoms with E-state index < -0.39 is 23.7 Å². The van der Waals surface area contributed by atoms with E-state index in [1.807, 2.05) is 18.2 Å². The number of carboxylic acids is 2. The molecule has 232 valence electrons. The van der Waals surface area contributed by atoms with Gasteiger partial charge < -0.3 is 25.3 Å². The lowest BCUT2D eigenvalue weighted by Crippen LogP contribution is -2.50. The molecule has 1 aromatic heterocycles. The van der Waals surface area contributed by atoms with E-state index in [0.29, 0.717) is 66.2 Å². The van der Waals surface area contributed by atoms with Crippen LogP contribution in [0.15, 0.2) is 97.2 Å². The molecular formula is C32H27F3N4O6. The van der Waals surface area contributed by atoms with E-state index in [1.165, 1.54) is 12.3 Å². The highest BCUT2D eigenvalue weighted by Crippen LogP contribution is 2.33. The van der Waals surface area contributed by atoms with Crippen molar-refractivity contribution in [2.75, 3.05) is 31.5 Å². The molecule has 13 heteroatoms. The summed E-state index contributed by atoms with van der Waals surface area (Å²) < 4.78 is 39.1. The quantitative estimate of drug-likeness (QED) is 0.247. The first kappa shape index (κ1) is 32.2. The van der Waals surface area contributed by atoms with Crippen molar-refractivity contribution in [3.63, 3.8) is 0 Å². The van der Waals surface area contributed by atoms with Crippen LogP contribution in [0.25, 0.3) is 10.9 Å². The second-order valence-electron chi connectivity index (χ2n) is 9.75. The van der Waals surface area contributed by atoms with E-state index in [4.69, 9.17) is 10.2 Å². The van der Waals surface area contributed by atoms with Crippen molar-refractivity contribution < 1.29 is 42.6 Å². The number of aromatic nitrogens is 1. The van der Waals surface area contributed by atoms with Crippen molar-refractivity contribution >= 4 is 46.0 Å². The van der Waals surface area contributed by atoms with Crippen molar-refractivity contribution in [3.8, 4) is 0 Å². The lowest BCUT2D eigenvalue weighted by Gasteiger charge is -2.35. The molecule has 1 aliphatic heterocycles. The number of alkyl halides is 3. The Morgan fingerprint density at radius 3 is 1.78 bits per heavy atom. The molecule has 0 aliphatic carbocycles. The average Bonchev–Trinajstić information content (AvgIpc) is 3.04. The summed E-state index contributed by atoms with van der Waals surface area (Å²) >= 11 is 0. The van der Waals surface area contributed by atoms with Gasteiger partial charge in [-0.2, -0.15) is 13.2 Å². The first-order chi connectivity index (χ1) is 21.4. The van der Waals surface area contributed by atoms with Gasteiger partial charge in [0.2, 0.25) is 0 Å². The van der Waals surface area contributed by atoms with Crippen molar-refractivity contribution in [3.05, 3.63) is 114 Å². The molecule has 1 fully saturated rings. The summed E-state index contributed by atoms with van der Waals surface area (Å²) in [6.45, 7) is 1.81. The number of carbonyl (C=O) groups is 4. The van der Waals surface area contributed by atoms with Crippen LogP contribution in [0, 0.1) is 0 Å². The summed E-state index contributed by atoms with van der Waals surface area (Å²) in [5, 5.41) is 19.4. The number of benzene rings is 3. The van der Waals surface area contributed by atoms with Gasteiger partial charge in [0.25, 0.3) is 11.8 Å². The highest BCUT2D eigenvalue weighted by molar-refractivity contribution is 5.97. The molecule has 0 saturated carbocycles. The van der Waals surface area contributed by atoms with Gasteiger partial charge in [0.15, 0.2) is 0 Å². The second-order valence-corrected chi connectivity index (χ2v) is 9.75. The zero-order valence-corrected chi connectivity index (χ0v) is 23.6. The predicted octanol–water partition coefficient (Wildman–Crippen LogP) is 5.31. The van der Waals surface area contributed by atoms with Crippen molar-refractivity contribution in [2.24, 2.45) is 0 Å². The van der Waals surface area contributed by atoms with E-state index >= 15 is 0 Å². The van der Waals surface area contributed by atoms with Gasteiger partial charge in [0.05, 0.1) is 11.1 Å². The highest BCUT2D eigenvalue weighted by Gasteiger charge is 2.30. The molecule has 0 bridgehead atoms. The summed E-state index contributed by atoms with van der Waals surface area (Å²) in [5.41, 5.74) is 1.92. The van der Waals surface area contributed by atoms with E-state index in [-0.39, 0.29) is 17.3 Å². The standard InChI is InChI=1S/C28H23F3N4O2.C4H4O4/c29-28(30,31)21-8-11-23-24(12-13-32-25(23)18-21)33-22-9-6-20(7-10-22)27(37)35-16-14-34(15-17-35)26(36)19-4-2-1-3-5-19;5-3(6)1-2-4(7)8/h1-13,18H,14-17H2,(H,32,33);1-2H,(H,5,6)(H,7,8). The van der Waals surface area contributed by atoms with Gasteiger partial charge >= 0.3 is 18.1 Å². The van der Waals surface area contributed by atoms with Crippen LogP contribution in [0.5, 0.6) is 0 Å². The molecule has 1 saturated heterocycles. The van der Waals surface area contributed by atoms with Gasteiger partial charge in [-0.05, 0) is 54.6 Å². The number of hydrogen-bond donors (Lipinski definition) is 3. The van der Waals surface area contributed by atoms with E-state index in [1.54, 1.807) is 52.3 Å². The van der Waals surface area contributed by atoms with Crippen molar-refractivity contribution in [1.82, 2.24) is 14.8 Å². The minimum Gasteiger partial charge on any atom is -0.478 e. The van der Waals surface area contributed by atoms with Crippen molar-refractivity contribution in [2.45, 2.75) is 6.18 Å². The molecular weight excluding hydrogens is 593 g/mol. The van der Waals surface area contributed by atoms with Gasteiger partial charge in [-0.25, -0.2) is 9.59 Å². The number of pyridine rings is 1. The Bertz CT molecular complexity index is 1700. The molecule has 10 nitrogen and oxygen atoms in total. The van der Waals surface area contributed by atoms with Crippen LogP contribution in [0.4, 0.5) is 24.5 Å². The summed E-state index contributed by atoms with van der Waals surface area (Å²) in [7, 11) is 0. The van der Waals surface area contributed by atoms with Gasteiger partial charge in [-0.1, -0.05) is 24.3 Å². The molecule has 0 atom stereocenters. The SMILES string of the molecule is O=C(O)C=CC(=O)O.O=C(c1ccccc1)N1CCN(C(=O)c2ccc(Nc3ccnc4cc(C(F)(F)F)ccc34)cc2)CC1. The first-order valence-electron chi connectivity index (χ1n) is 13.5. The monoisotopic (exact) mass is 620 g/mol. The molecule has 0 unspecified atom stereocenters. The fourth-order valence-corrected chi connectivity index (χ4v) is 4.49. The first-order valence-corrected chi connectivity index (χ1v) is 13.5. The molecule has 3 aromatic carbocycles. The third kappa shape index (κ3) is 8.66. The van der Waals surface area contributed by atoms with E-state index in [9.17, 15) is 32.3 Å².